The molecule has 0 radical (unpaired) electrons. The van der Waals surface area contributed by atoms with Crippen LogP contribution in [0.4, 0.5) is 0 Å². The molecule has 0 spiro atoms. The van der Waals surface area contributed by atoms with Gasteiger partial charge in [0.25, 0.3) is 5.91 Å². The van der Waals surface area contributed by atoms with E-state index in [2.05, 4.69) is 11.9 Å². The van der Waals surface area contributed by atoms with Crippen LogP contribution in [0.25, 0.3) is 0 Å². The number of likely N-dealkylation sites (tertiary alicyclic amines) is 1. The normalized spacial score (nSPS) is 21.6. The molecule has 0 unspecified atom stereocenters. The lowest BCUT2D eigenvalue weighted by Crippen LogP contribution is -2.41. The first-order chi connectivity index (χ1) is 14.7. The number of carbonyl (C=O) groups excluding carboxylic acids is 1. The molecule has 2 aromatic rings. The van der Waals surface area contributed by atoms with Gasteiger partial charge in [0.2, 0.25) is 0 Å². The molecule has 3 heterocycles. The minimum absolute atomic E-state index is 0.0308. The number of benzene rings is 1. The molecule has 2 atom stereocenters. The molecule has 2 aliphatic heterocycles. The second kappa shape index (κ2) is 10.3. The molecule has 1 amide bonds. The fraction of sp³-hybridized carbons (Fsp3) is 0.522. The number of aryl methyl sites for hydroxylation is 1. The Morgan fingerprint density at radius 3 is 2.93 bits per heavy atom. The summed E-state index contributed by atoms with van der Waals surface area (Å²) >= 11 is 1.67. The second-order valence-corrected chi connectivity index (χ2v) is 8.93. The quantitative estimate of drug-likeness (QED) is 0.494. The van der Waals surface area contributed by atoms with Crippen molar-refractivity contribution in [3.63, 3.8) is 0 Å². The van der Waals surface area contributed by atoms with Crippen LogP contribution in [-0.4, -0.2) is 58.9 Å². The van der Waals surface area contributed by atoms with Gasteiger partial charge in [0.1, 0.15) is 5.75 Å². The topological polar surface area (TPSA) is 64.6 Å². The minimum Gasteiger partial charge on any atom is -0.484 e. The average Bonchev–Trinajstić information content (AvgIpc) is 3.31. The van der Waals surface area contributed by atoms with E-state index in [1.54, 1.807) is 11.8 Å². The number of rotatable bonds is 7. The first kappa shape index (κ1) is 21.1. The fourth-order valence-electron chi connectivity index (χ4n) is 4.04. The Morgan fingerprint density at radius 2 is 2.13 bits per heavy atom. The highest BCUT2D eigenvalue weighted by atomic mass is 32.2. The van der Waals surface area contributed by atoms with Gasteiger partial charge in [-0.05, 0) is 50.3 Å². The molecule has 7 heteroatoms. The largest absolute Gasteiger partial charge is 0.484 e. The predicted molar refractivity (Wildman–Crippen MR) is 117 cm³/mol. The van der Waals surface area contributed by atoms with Crippen LogP contribution in [0.15, 0.2) is 41.7 Å². The molecule has 1 aromatic carbocycles. The number of nitrogens with zero attached hydrogens (tertiary/aromatic N) is 3. The third-order valence-electron chi connectivity index (χ3n) is 5.68. The van der Waals surface area contributed by atoms with Crippen molar-refractivity contribution in [2.45, 2.75) is 49.8 Å². The Labute approximate surface area is 182 Å². The maximum Gasteiger partial charge on any atom is 0.260 e. The minimum atomic E-state index is 0.0308. The number of amides is 1. The van der Waals surface area contributed by atoms with Crippen LogP contribution in [0.1, 0.15) is 42.9 Å². The van der Waals surface area contributed by atoms with E-state index in [0.717, 1.165) is 66.8 Å². The van der Waals surface area contributed by atoms with Gasteiger partial charge < -0.3 is 14.4 Å². The van der Waals surface area contributed by atoms with Crippen molar-refractivity contribution in [2.24, 2.45) is 0 Å². The predicted octanol–water partition coefficient (Wildman–Crippen LogP) is 3.84. The third-order valence-corrected chi connectivity index (χ3v) is 6.67. The van der Waals surface area contributed by atoms with Gasteiger partial charge >= 0.3 is 0 Å². The van der Waals surface area contributed by atoms with Crippen LogP contribution >= 0.6 is 11.8 Å². The van der Waals surface area contributed by atoms with Gasteiger partial charge in [-0.3, -0.25) is 4.79 Å². The number of ether oxygens (including phenoxy) is 2. The monoisotopic (exact) mass is 427 g/mol. The van der Waals surface area contributed by atoms with E-state index < -0.39 is 0 Å². The van der Waals surface area contributed by atoms with E-state index in [0.29, 0.717) is 12.6 Å². The Bertz CT molecular complexity index is 843. The average molecular weight is 428 g/mol. The van der Waals surface area contributed by atoms with Crippen LogP contribution in [0.2, 0.25) is 0 Å². The summed E-state index contributed by atoms with van der Waals surface area (Å²) in [6, 6.07) is 9.48. The standard InChI is InChI=1S/C23H29N3O3S/c1-17-13-24-23(30-16-20-10-6-12-28-20)25-22(17)18-7-5-11-26(14-18)21(27)15-29-19-8-3-2-4-9-19/h2-4,8-9,13,18,20H,5-7,10-12,14-16H2,1H3/t18-,20+/m1/s1. The van der Waals surface area contributed by atoms with E-state index in [9.17, 15) is 4.79 Å². The van der Waals surface area contributed by atoms with Gasteiger partial charge in [0, 0.05) is 37.6 Å². The van der Waals surface area contributed by atoms with Gasteiger partial charge in [-0.15, -0.1) is 0 Å². The summed E-state index contributed by atoms with van der Waals surface area (Å²) in [5.41, 5.74) is 2.16. The van der Waals surface area contributed by atoms with E-state index in [-0.39, 0.29) is 18.4 Å². The molecule has 30 heavy (non-hydrogen) atoms. The highest BCUT2D eigenvalue weighted by Gasteiger charge is 2.27. The molecule has 4 rings (SSSR count). The highest BCUT2D eigenvalue weighted by Crippen LogP contribution is 2.30. The number of thioether (sulfide) groups is 1. The van der Waals surface area contributed by atoms with E-state index in [4.69, 9.17) is 14.5 Å². The van der Waals surface area contributed by atoms with Crippen molar-refractivity contribution >= 4 is 17.7 Å². The number of hydrogen-bond donors (Lipinski definition) is 0. The molecule has 0 bridgehead atoms. The third kappa shape index (κ3) is 5.52. The summed E-state index contributed by atoms with van der Waals surface area (Å²) in [5, 5.41) is 0.807. The summed E-state index contributed by atoms with van der Waals surface area (Å²) in [4.78, 5) is 24.0. The maximum absolute atomic E-state index is 12.7. The molecule has 6 nitrogen and oxygen atoms in total. The molecule has 0 saturated carbocycles. The van der Waals surface area contributed by atoms with Crippen LogP contribution in [-0.2, 0) is 9.53 Å². The highest BCUT2D eigenvalue weighted by molar-refractivity contribution is 7.99. The van der Waals surface area contributed by atoms with Crippen LogP contribution < -0.4 is 4.74 Å². The smallest absolute Gasteiger partial charge is 0.260 e. The second-order valence-electron chi connectivity index (χ2n) is 7.95. The first-order valence-electron chi connectivity index (χ1n) is 10.7. The lowest BCUT2D eigenvalue weighted by Gasteiger charge is -2.33. The summed E-state index contributed by atoms with van der Waals surface area (Å²) in [7, 11) is 0. The Hall–Kier alpha value is -2.12. The van der Waals surface area contributed by atoms with Gasteiger partial charge in [-0.1, -0.05) is 30.0 Å². The molecule has 2 aliphatic rings. The van der Waals surface area contributed by atoms with Crippen LogP contribution in [0.5, 0.6) is 5.75 Å². The number of piperidine rings is 1. The number of hydrogen-bond acceptors (Lipinski definition) is 6. The zero-order chi connectivity index (χ0) is 20.8. The van der Waals surface area contributed by atoms with Gasteiger partial charge in [0.15, 0.2) is 11.8 Å². The summed E-state index contributed by atoms with van der Waals surface area (Å²) in [6.45, 7) is 4.46. The van der Waals surface area contributed by atoms with Crippen molar-refractivity contribution in [3.8, 4) is 5.75 Å². The van der Waals surface area contributed by atoms with E-state index in [1.165, 1.54) is 0 Å². The van der Waals surface area contributed by atoms with Crippen molar-refractivity contribution < 1.29 is 14.3 Å². The molecule has 2 saturated heterocycles. The Kier molecular flexibility index (Phi) is 7.23. The summed E-state index contributed by atoms with van der Waals surface area (Å²) in [5.74, 6) is 1.89. The molecular weight excluding hydrogens is 398 g/mol. The number of aromatic nitrogens is 2. The van der Waals surface area contributed by atoms with Crippen molar-refractivity contribution in [2.75, 3.05) is 32.1 Å². The number of para-hydroxylation sites is 1. The lowest BCUT2D eigenvalue weighted by atomic mass is 9.92. The zero-order valence-corrected chi connectivity index (χ0v) is 18.3. The first-order valence-corrected chi connectivity index (χ1v) is 11.7. The molecular formula is C23H29N3O3S. The lowest BCUT2D eigenvalue weighted by molar-refractivity contribution is -0.134. The fourth-order valence-corrected chi connectivity index (χ4v) is 4.93. The zero-order valence-electron chi connectivity index (χ0n) is 17.5. The van der Waals surface area contributed by atoms with Crippen LogP contribution in [0, 0.1) is 6.92 Å². The van der Waals surface area contributed by atoms with E-state index >= 15 is 0 Å². The van der Waals surface area contributed by atoms with Gasteiger partial charge in [-0.25, -0.2) is 9.97 Å². The number of carbonyl (C=O) groups is 1. The molecule has 2 fully saturated rings. The molecule has 1 aromatic heterocycles. The maximum atomic E-state index is 12.7. The molecule has 0 N–H and O–H groups in total. The van der Waals surface area contributed by atoms with Gasteiger partial charge in [0.05, 0.1) is 11.8 Å². The Morgan fingerprint density at radius 1 is 1.27 bits per heavy atom. The van der Waals surface area contributed by atoms with Crippen molar-refractivity contribution in [3.05, 3.63) is 47.8 Å². The molecule has 0 aliphatic carbocycles. The van der Waals surface area contributed by atoms with Crippen LogP contribution in [0.3, 0.4) is 0 Å². The summed E-state index contributed by atoms with van der Waals surface area (Å²) in [6.07, 6.45) is 6.51. The van der Waals surface area contributed by atoms with E-state index in [1.807, 2.05) is 41.4 Å². The van der Waals surface area contributed by atoms with Gasteiger partial charge in [-0.2, -0.15) is 0 Å². The van der Waals surface area contributed by atoms with Crippen molar-refractivity contribution in [1.82, 2.24) is 14.9 Å². The Balaban J connectivity index is 1.36. The van der Waals surface area contributed by atoms with Crippen molar-refractivity contribution in [1.29, 1.82) is 0 Å². The molecule has 160 valence electrons. The summed E-state index contributed by atoms with van der Waals surface area (Å²) < 4.78 is 11.4. The SMILES string of the molecule is Cc1cnc(SC[C@@H]2CCCO2)nc1[C@@H]1CCCN(C(=O)COc2ccccc2)C1.